The minimum absolute atomic E-state index is 0.000794. The molecule has 6 nitrogen and oxygen atoms in total. The van der Waals surface area contributed by atoms with Crippen LogP contribution >= 0.6 is 0 Å². The minimum atomic E-state index is -0.000794. The molecule has 0 radical (unpaired) electrons. The Labute approximate surface area is 165 Å². The molecule has 0 saturated carbocycles. The summed E-state index contributed by atoms with van der Waals surface area (Å²) in [5.74, 6) is 1.29. The Morgan fingerprint density at radius 3 is 2.43 bits per heavy atom. The molecule has 0 bridgehead atoms. The minimum Gasteiger partial charge on any atom is -0.299 e. The normalized spacial score (nSPS) is 15.8. The van der Waals surface area contributed by atoms with E-state index in [-0.39, 0.29) is 5.69 Å². The van der Waals surface area contributed by atoms with Crippen molar-refractivity contribution in [2.24, 2.45) is 0 Å². The summed E-state index contributed by atoms with van der Waals surface area (Å²) in [4.78, 5) is 19.5. The van der Waals surface area contributed by atoms with E-state index in [1.165, 1.54) is 5.56 Å². The van der Waals surface area contributed by atoms with E-state index in [0.29, 0.717) is 19.0 Å². The first kappa shape index (κ1) is 18.6. The first-order chi connectivity index (χ1) is 13.7. The highest BCUT2D eigenvalue weighted by Crippen LogP contribution is 2.27. The van der Waals surface area contributed by atoms with E-state index in [0.717, 1.165) is 43.9 Å². The fourth-order valence-corrected chi connectivity index (χ4v) is 4.02. The van der Waals surface area contributed by atoms with Gasteiger partial charge >= 0.3 is 5.69 Å². The standard InChI is InChI=1S/C22H27N5O/c1-2-26-21(24-27(22(26)28)17-18-7-4-3-5-8-18)20-10-13-25(14-11-20)16-19-9-6-12-23-15-19/h3-9,12,15,20H,2,10-11,13-14,16-17H2,1H3. The lowest BCUT2D eigenvalue weighted by Crippen LogP contribution is -2.33. The van der Waals surface area contributed by atoms with E-state index in [4.69, 9.17) is 5.10 Å². The van der Waals surface area contributed by atoms with E-state index in [1.807, 2.05) is 60.3 Å². The van der Waals surface area contributed by atoms with Gasteiger partial charge in [0.1, 0.15) is 5.82 Å². The first-order valence-electron chi connectivity index (χ1n) is 10.1. The molecular weight excluding hydrogens is 350 g/mol. The van der Waals surface area contributed by atoms with Crippen molar-refractivity contribution in [3.63, 3.8) is 0 Å². The summed E-state index contributed by atoms with van der Waals surface area (Å²) in [6, 6.07) is 14.2. The highest BCUT2D eigenvalue weighted by atomic mass is 16.2. The second-order valence-corrected chi connectivity index (χ2v) is 7.44. The molecule has 2 aromatic heterocycles. The van der Waals surface area contributed by atoms with Crippen LogP contribution in [0.3, 0.4) is 0 Å². The number of hydrogen-bond acceptors (Lipinski definition) is 4. The molecule has 6 heteroatoms. The third kappa shape index (κ3) is 4.07. The number of aromatic nitrogens is 4. The molecule has 1 aromatic carbocycles. The largest absolute Gasteiger partial charge is 0.346 e. The summed E-state index contributed by atoms with van der Waals surface area (Å²) in [5, 5.41) is 4.75. The van der Waals surface area contributed by atoms with Crippen LogP contribution in [0.25, 0.3) is 0 Å². The van der Waals surface area contributed by atoms with Gasteiger partial charge in [0.25, 0.3) is 0 Å². The number of hydrogen-bond donors (Lipinski definition) is 0. The highest BCUT2D eigenvalue weighted by Gasteiger charge is 2.26. The summed E-state index contributed by atoms with van der Waals surface area (Å²) in [5.41, 5.74) is 2.35. The zero-order valence-corrected chi connectivity index (χ0v) is 16.4. The van der Waals surface area contributed by atoms with Crippen molar-refractivity contribution in [1.82, 2.24) is 24.2 Å². The Morgan fingerprint density at radius 1 is 1.00 bits per heavy atom. The van der Waals surface area contributed by atoms with Crippen LogP contribution in [-0.2, 0) is 19.6 Å². The maximum atomic E-state index is 12.8. The van der Waals surface area contributed by atoms with Gasteiger partial charge < -0.3 is 0 Å². The average molecular weight is 377 g/mol. The third-order valence-corrected chi connectivity index (χ3v) is 5.52. The van der Waals surface area contributed by atoms with E-state index < -0.39 is 0 Å². The van der Waals surface area contributed by atoms with Crippen molar-refractivity contribution in [3.05, 3.63) is 82.3 Å². The van der Waals surface area contributed by atoms with Crippen LogP contribution in [0.5, 0.6) is 0 Å². The summed E-state index contributed by atoms with van der Waals surface area (Å²) < 4.78 is 3.47. The van der Waals surface area contributed by atoms with Crippen LogP contribution in [0.2, 0.25) is 0 Å². The maximum Gasteiger partial charge on any atom is 0.346 e. The number of likely N-dealkylation sites (tertiary alicyclic amines) is 1. The Hall–Kier alpha value is -2.73. The lowest BCUT2D eigenvalue weighted by Gasteiger charge is -2.31. The Balaban J connectivity index is 1.46. The topological polar surface area (TPSA) is 56.0 Å². The monoisotopic (exact) mass is 377 g/mol. The average Bonchev–Trinajstić information content (AvgIpc) is 3.05. The predicted octanol–water partition coefficient (Wildman–Crippen LogP) is 2.89. The van der Waals surface area contributed by atoms with Gasteiger partial charge in [-0.3, -0.25) is 14.5 Å². The molecule has 1 aliphatic heterocycles. The number of pyridine rings is 1. The van der Waals surface area contributed by atoms with Crippen molar-refractivity contribution in [1.29, 1.82) is 0 Å². The summed E-state index contributed by atoms with van der Waals surface area (Å²) in [7, 11) is 0. The van der Waals surface area contributed by atoms with E-state index >= 15 is 0 Å². The van der Waals surface area contributed by atoms with Gasteiger partial charge in [0.05, 0.1) is 6.54 Å². The second-order valence-electron chi connectivity index (χ2n) is 7.44. The fraction of sp³-hybridized carbons (Fsp3) is 0.409. The Bertz CT molecular complexity index is 940. The molecule has 0 amide bonds. The zero-order chi connectivity index (χ0) is 19.3. The maximum absolute atomic E-state index is 12.8. The molecule has 146 valence electrons. The molecular formula is C22H27N5O. The van der Waals surface area contributed by atoms with Gasteiger partial charge in [-0.15, -0.1) is 0 Å². The van der Waals surface area contributed by atoms with Crippen LogP contribution in [0.4, 0.5) is 0 Å². The van der Waals surface area contributed by atoms with Crippen LogP contribution in [0.15, 0.2) is 59.7 Å². The molecule has 1 saturated heterocycles. The molecule has 0 unspecified atom stereocenters. The summed E-state index contributed by atoms with van der Waals surface area (Å²) >= 11 is 0. The molecule has 3 aromatic rings. The van der Waals surface area contributed by atoms with Crippen molar-refractivity contribution < 1.29 is 0 Å². The van der Waals surface area contributed by atoms with Gasteiger partial charge in [0.2, 0.25) is 0 Å². The smallest absolute Gasteiger partial charge is 0.299 e. The van der Waals surface area contributed by atoms with Gasteiger partial charge in [-0.1, -0.05) is 36.4 Å². The van der Waals surface area contributed by atoms with Crippen molar-refractivity contribution in [2.45, 2.75) is 45.3 Å². The van der Waals surface area contributed by atoms with Crippen molar-refractivity contribution >= 4 is 0 Å². The lowest BCUT2D eigenvalue weighted by atomic mass is 9.95. The van der Waals surface area contributed by atoms with E-state index in [2.05, 4.69) is 16.0 Å². The van der Waals surface area contributed by atoms with Gasteiger partial charge in [-0.25, -0.2) is 9.48 Å². The van der Waals surface area contributed by atoms with E-state index in [1.54, 1.807) is 4.68 Å². The third-order valence-electron chi connectivity index (χ3n) is 5.52. The Morgan fingerprint density at radius 2 is 1.75 bits per heavy atom. The highest BCUT2D eigenvalue weighted by molar-refractivity contribution is 5.15. The molecule has 0 N–H and O–H groups in total. The molecule has 3 heterocycles. The zero-order valence-electron chi connectivity index (χ0n) is 16.4. The quantitative estimate of drug-likeness (QED) is 0.663. The SMILES string of the molecule is CCn1c(C2CCN(Cc3cccnc3)CC2)nn(Cc2ccccc2)c1=O. The van der Waals surface area contributed by atoms with Crippen molar-refractivity contribution in [2.75, 3.05) is 13.1 Å². The van der Waals surface area contributed by atoms with Gasteiger partial charge in [0.15, 0.2) is 0 Å². The number of benzene rings is 1. The van der Waals surface area contributed by atoms with Gasteiger partial charge in [-0.05, 0) is 50.0 Å². The van der Waals surface area contributed by atoms with Crippen LogP contribution in [0.1, 0.15) is 42.6 Å². The summed E-state index contributed by atoms with van der Waals surface area (Å²) in [6.45, 7) is 6.19. The first-order valence-corrected chi connectivity index (χ1v) is 10.1. The lowest BCUT2D eigenvalue weighted by molar-refractivity contribution is 0.199. The molecule has 0 spiro atoms. The number of rotatable bonds is 6. The van der Waals surface area contributed by atoms with Gasteiger partial charge in [-0.2, -0.15) is 5.10 Å². The number of piperidine rings is 1. The van der Waals surface area contributed by atoms with Crippen LogP contribution in [0, 0.1) is 0 Å². The predicted molar refractivity (Wildman–Crippen MR) is 109 cm³/mol. The molecule has 28 heavy (non-hydrogen) atoms. The van der Waals surface area contributed by atoms with Crippen molar-refractivity contribution in [3.8, 4) is 0 Å². The summed E-state index contributed by atoms with van der Waals surface area (Å²) in [6.07, 6.45) is 5.81. The molecule has 1 aliphatic rings. The van der Waals surface area contributed by atoms with Gasteiger partial charge in [0, 0.05) is 31.4 Å². The molecule has 4 rings (SSSR count). The number of nitrogens with zero attached hydrogens (tertiary/aromatic N) is 5. The molecule has 0 aliphatic carbocycles. The second kappa shape index (κ2) is 8.52. The molecule has 0 atom stereocenters. The van der Waals surface area contributed by atoms with Crippen LogP contribution < -0.4 is 5.69 Å². The van der Waals surface area contributed by atoms with Crippen LogP contribution in [-0.4, -0.2) is 37.3 Å². The Kier molecular flexibility index (Phi) is 5.67. The molecule has 1 fully saturated rings. The van der Waals surface area contributed by atoms with E-state index in [9.17, 15) is 4.79 Å². The fourth-order valence-electron chi connectivity index (χ4n) is 4.02.